The number of benzene rings is 1. The van der Waals surface area contributed by atoms with E-state index in [1.165, 1.54) is 11.9 Å². The number of anilines is 1. The van der Waals surface area contributed by atoms with Gasteiger partial charge in [-0.05, 0) is 18.3 Å². The van der Waals surface area contributed by atoms with Crippen molar-refractivity contribution in [3.05, 3.63) is 29.1 Å². The minimum Gasteiger partial charge on any atom is -0.372 e. The Balaban J connectivity index is 2.90. The van der Waals surface area contributed by atoms with Gasteiger partial charge in [0.25, 0.3) is 0 Å². The van der Waals surface area contributed by atoms with Crippen molar-refractivity contribution in [3.8, 4) is 0 Å². The summed E-state index contributed by atoms with van der Waals surface area (Å²) in [7, 11) is 1.38. The maximum absolute atomic E-state index is 14.2. The van der Waals surface area contributed by atoms with Crippen molar-refractivity contribution >= 4 is 5.69 Å². The average Bonchev–Trinajstić information content (AvgIpc) is 2.53. The Kier molecular flexibility index (Phi) is 8.28. The highest BCUT2D eigenvalue weighted by molar-refractivity contribution is 5.51. The highest BCUT2D eigenvalue weighted by Gasteiger charge is 2.41. The molecule has 1 rings (SSSR count). The number of hydrogen-bond donors (Lipinski definition) is 0. The van der Waals surface area contributed by atoms with Gasteiger partial charge in [0.2, 0.25) is 0 Å². The zero-order valence-electron chi connectivity index (χ0n) is 15.7. The van der Waals surface area contributed by atoms with E-state index in [0.29, 0.717) is 12.0 Å². The lowest BCUT2D eigenvalue weighted by molar-refractivity contribution is -0.142. The van der Waals surface area contributed by atoms with Crippen molar-refractivity contribution in [2.75, 3.05) is 18.5 Å². The molecular weight excluding hydrogens is 356 g/mol. The van der Waals surface area contributed by atoms with Crippen molar-refractivity contribution < 1.29 is 26.3 Å². The first-order valence-electron chi connectivity index (χ1n) is 8.98. The Labute approximate surface area is 151 Å². The third kappa shape index (κ3) is 5.81. The molecule has 1 nitrogen and oxygen atoms in total. The van der Waals surface area contributed by atoms with Gasteiger partial charge in [0, 0.05) is 19.7 Å². The van der Waals surface area contributed by atoms with Crippen molar-refractivity contribution in [2.45, 2.75) is 59.1 Å². The van der Waals surface area contributed by atoms with Crippen LogP contribution in [0.1, 0.15) is 58.4 Å². The first-order valence-corrected chi connectivity index (χ1v) is 8.98. The molecule has 0 N–H and O–H groups in total. The summed E-state index contributed by atoms with van der Waals surface area (Å²) in [6.07, 6.45) is -0.221. The van der Waals surface area contributed by atoms with E-state index in [4.69, 9.17) is 0 Å². The Morgan fingerprint density at radius 1 is 1.00 bits per heavy atom. The van der Waals surface area contributed by atoms with Crippen molar-refractivity contribution in [2.24, 2.45) is 11.8 Å². The standard InChI is InChI=1S/C19H27F6N/c1-5-7-13(6-2)9-8-12(3)11-26(4)15-10-14(20)17(21)16(18(15)22)19(23,24)25/h10,12-13H,5-9,11H2,1-4H3. The van der Waals surface area contributed by atoms with Crippen molar-refractivity contribution in [3.63, 3.8) is 0 Å². The summed E-state index contributed by atoms with van der Waals surface area (Å²) < 4.78 is 79.8. The van der Waals surface area contributed by atoms with Crippen molar-refractivity contribution in [1.29, 1.82) is 0 Å². The third-order valence-electron chi connectivity index (χ3n) is 4.76. The summed E-state index contributed by atoms with van der Waals surface area (Å²) >= 11 is 0. The third-order valence-corrected chi connectivity index (χ3v) is 4.76. The predicted octanol–water partition coefficient (Wildman–Crippen LogP) is 6.80. The first kappa shape index (κ1) is 22.6. The van der Waals surface area contributed by atoms with Gasteiger partial charge in [-0.15, -0.1) is 0 Å². The summed E-state index contributed by atoms with van der Waals surface area (Å²) in [6.45, 7) is 6.40. The molecule has 0 aliphatic heterocycles. The van der Waals surface area contributed by atoms with E-state index in [1.54, 1.807) is 0 Å². The minimum absolute atomic E-state index is 0.0766. The number of alkyl halides is 3. The molecule has 26 heavy (non-hydrogen) atoms. The second-order valence-electron chi connectivity index (χ2n) is 7.00. The summed E-state index contributed by atoms with van der Waals surface area (Å²) in [4.78, 5) is 1.22. The minimum atomic E-state index is -5.30. The van der Waals surface area contributed by atoms with Crippen LogP contribution in [0.15, 0.2) is 6.07 Å². The summed E-state index contributed by atoms with van der Waals surface area (Å²) in [5, 5.41) is 0. The molecule has 0 saturated carbocycles. The van der Waals surface area contributed by atoms with Crippen LogP contribution in [0.2, 0.25) is 0 Å². The van der Waals surface area contributed by atoms with E-state index in [0.717, 1.165) is 32.1 Å². The van der Waals surface area contributed by atoms with Gasteiger partial charge < -0.3 is 4.90 Å². The lowest BCUT2D eigenvalue weighted by Gasteiger charge is -2.26. The maximum Gasteiger partial charge on any atom is 0.422 e. The van der Waals surface area contributed by atoms with Gasteiger partial charge in [-0.3, -0.25) is 0 Å². The Morgan fingerprint density at radius 2 is 1.62 bits per heavy atom. The zero-order valence-corrected chi connectivity index (χ0v) is 15.7. The number of nitrogens with zero attached hydrogens (tertiary/aromatic N) is 1. The number of hydrogen-bond acceptors (Lipinski definition) is 1. The molecule has 0 fully saturated rings. The van der Waals surface area contributed by atoms with Gasteiger partial charge in [-0.2, -0.15) is 13.2 Å². The number of halogens is 6. The number of rotatable bonds is 9. The van der Waals surface area contributed by atoms with Crippen LogP contribution in [0.25, 0.3) is 0 Å². The molecule has 0 spiro atoms. The Bertz CT molecular complexity index is 584. The Morgan fingerprint density at radius 3 is 2.12 bits per heavy atom. The van der Waals surface area contributed by atoms with Gasteiger partial charge in [0.1, 0.15) is 5.56 Å². The largest absolute Gasteiger partial charge is 0.422 e. The summed E-state index contributed by atoms with van der Waals surface area (Å²) in [5.41, 5.74) is -2.76. The molecule has 0 aliphatic carbocycles. The summed E-state index contributed by atoms with van der Waals surface area (Å²) in [6, 6.07) is 0.485. The smallest absolute Gasteiger partial charge is 0.372 e. The van der Waals surface area contributed by atoms with E-state index in [9.17, 15) is 26.3 Å². The second kappa shape index (κ2) is 9.51. The molecule has 1 aromatic rings. The topological polar surface area (TPSA) is 3.24 Å². The van der Waals surface area contributed by atoms with Crippen molar-refractivity contribution in [1.82, 2.24) is 0 Å². The van der Waals surface area contributed by atoms with Gasteiger partial charge in [0.05, 0.1) is 5.69 Å². The molecule has 150 valence electrons. The maximum atomic E-state index is 14.2. The van der Waals surface area contributed by atoms with E-state index >= 15 is 0 Å². The second-order valence-corrected chi connectivity index (χ2v) is 7.00. The lowest BCUT2D eigenvalue weighted by atomic mass is 9.91. The molecule has 0 aromatic heterocycles. The highest BCUT2D eigenvalue weighted by atomic mass is 19.4. The molecule has 0 saturated heterocycles. The molecule has 7 heteroatoms. The monoisotopic (exact) mass is 383 g/mol. The fourth-order valence-electron chi connectivity index (χ4n) is 3.26. The molecule has 2 atom stereocenters. The molecule has 0 heterocycles. The molecule has 0 bridgehead atoms. The summed E-state index contributed by atoms with van der Waals surface area (Å²) in [5.74, 6) is -5.02. The van der Waals surface area contributed by atoms with Crippen LogP contribution in [-0.4, -0.2) is 13.6 Å². The first-order chi connectivity index (χ1) is 12.0. The average molecular weight is 383 g/mol. The van der Waals surface area contributed by atoms with Gasteiger partial charge in [0.15, 0.2) is 17.5 Å². The van der Waals surface area contributed by atoms with Gasteiger partial charge >= 0.3 is 6.18 Å². The van der Waals surface area contributed by atoms with Crippen LogP contribution >= 0.6 is 0 Å². The molecule has 0 radical (unpaired) electrons. The van der Waals surface area contributed by atoms with Crippen LogP contribution in [0.4, 0.5) is 32.0 Å². The van der Waals surface area contributed by atoms with Crippen LogP contribution in [0.5, 0.6) is 0 Å². The van der Waals surface area contributed by atoms with Crippen LogP contribution < -0.4 is 4.90 Å². The van der Waals surface area contributed by atoms with E-state index in [1.807, 2.05) is 6.92 Å². The molecule has 0 amide bonds. The molecule has 0 aliphatic rings. The Hall–Kier alpha value is -1.40. The normalized spacial score (nSPS) is 14.4. The SMILES string of the molecule is CCCC(CC)CCC(C)CN(C)c1cc(F)c(F)c(C(F)(F)F)c1F. The fraction of sp³-hybridized carbons (Fsp3) is 0.684. The van der Waals surface area contributed by atoms with E-state index in [2.05, 4.69) is 13.8 Å². The van der Waals surface area contributed by atoms with E-state index < -0.39 is 34.9 Å². The fourth-order valence-corrected chi connectivity index (χ4v) is 3.26. The zero-order chi connectivity index (χ0) is 20.1. The lowest BCUT2D eigenvalue weighted by Crippen LogP contribution is -2.27. The van der Waals surface area contributed by atoms with E-state index in [-0.39, 0.29) is 12.5 Å². The predicted molar refractivity (Wildman–Crippen MR) is 91.7 cm³/mol. The molecule has 2 unspecified atom stereocenters. The van der Waals surface area contributed by atoms with Crippen LogP contribution in [-0.2, 0) is 6.18 Å². The molecular formula is C19H27F6N. The van der Waals surface area contributed by atoms with Gasteiger partial charge in [-0.1, -0.05) is 46.5 Å². The quantitative estimate of drug-likeness (QED) is 0.335. The highest BCUT2D eigenvalue weighted by Crippen LogP contribution is 2.38. The molecule has 1 aromatic carbocycles. The van der Waals surface area contributed by atoms with Gasteiger partial charge in [-0.25, -0.2) is 13.2 Å². The van der Waals surface area contributed by atoms with Crippen LogP contribution in [0, 0.1) is 29.3 Å². The van der Waals surface area contributed by atoms with Crippen LogP contribution in [0.3, 0.4) is 0 Å².